The van der Waals surface area contributed by atoms with Gasteiger partial charge in [0.15, 0.2) is 5.69 Å². The Hall–Kier alpha value is -3.19. The van der Waals surface area contributed by atoms with Gasteiger partial charge < -0.3 is 10.1 Å². The minimum absolute atomic E-state index is 0.0257. The first-order valence-electron chi connectivity index (χ1n) is 8.62. The van der Waals surface area contributed by atoms with Gasteiger partial charge >= 0.3 is 5.97 Å². The van der Waals surface area contributed by atoms with E-state index >= 15 is 0 Å². The van der Waals surface area contributed by atoms with Crippen LogP contribution in [0, 0.1) is 0 Å². The number of benzene rings is 2. The summed E-state index contributed by atoms with van der Waals surface area (Å²) in [7, 11) is 1.29. The highest BCUT2D eigenvalue weighted by atomic mass is 35.5. The molecule has 28 heavy (non-hydrogen) atoms. The Bertz CT molecular complexity index is 1010. The molecular weight excluding hydrogens is 380 g/mol. The number of hydrogen-bond donors (Lipinski definition) is 1. The third-order valence-electron chi connectivity index (χ3n) is 4.12. The Labute approximate surface area is 167 Å². The predicted octanol–water partition coefficient (Wildman–Crippen LogP) is 4.08. The molecule has 7 nitrogen and oxygen atoms in total. The van der Waals surface area contributed by atoms with E-state index in [1.54, 1.807) is 53.2 Å². The number of methoxy groups -OCH3 is 1. The van der Waals surface area contributed by atoms with Crippen molar-refractivity contribution in [2.75, 3.05) is 12.4 Å². The molecule has 0 aliphatic heterocycles. The molecule has 1 aromatic heterocycles. The number of nitrogens with zero attached hydrogens (tertiary/aromatic N) is 3. The smallest absolute Gasteiger partial charge is 0.339 e. The molecule has 3 aromatic rings. The summed E-state index contributed by atoms with van der Waals surface area (Å²) >= 11 is 5.95. The van der Waals surface area contributed by atoms with Gasteiger partial charge in [0.25, 0.3) is 5.91 Å². The van der Waals surface area contributed by atoms with Crippen LogP contribution in [0.3, 0.4) is 0 Å². The number of nitrogens with one attached hydrogen (secondary N) is 1. The standard InChI is InChI=1S/C20H19ClN4O3/c1-12(2)18-17(23-24-25(18)14-10-8-13(21)9-11-14)19(26)22-16-7-5-4-6-15(16)20(27)28-3/h4-12H,1-3H3,(H,22,26). The highest BCUT2D eigenvalue weighted by Crippen LogP contribution is 2.24. The fraction of sp³-hybridized carbons (Fsp3) is 0.200. The lowest BCUT2D eigenvalue weighted by molar-refractivity contribution is 0.0602. The number of carbonyl (C=O) groups excluding carboxylic acids is 2. The summed E-state index contributed by atoms with van der Waals surface area (Å²) in [5, 5.41) is 11.6. The molecule has 1 amide bonds. The molecule has 0 radical (unpaired) electrons. The fourth-order valence-corrected chi connectivity index (χ4v) is 2.93. The van der Waals surface area contributed by atoms with E-state index in [-0.39, 0.29) is 17.2 Å². The highest BCUT2D eigenvalue weighted by molar-refractivity contribution is 6.30. The van der Waals surface area contributed by atoms with Crippen LogP contribution in [0.1, 0.15) is 46.3 Å². The van der Waals surface area contributed by atoms with Crippen LogP contribution < -0.4 is 5.32 Å². The van der Waals surface area contributed by atoms with Gasteiger partial charge in [-0.2, -0.15) is 0 Å². The molecule has 8 heteroatoms. The molecule has 2 aromatic carbocycles. The van der Waals surface area contributed by atoms with Gasteiger partial charge in [0.2, 0.25) is 0 Å². The van der Waals surface area contributed by atoms with E-state index in [1.165, 1.54) is 7.11 Å². The van der Waals surface area contributed by atoms with Crippen LogP contribution in [-0.2, 0) is 4.74 Å². The average Bonchev–Trinajstić information content (AvgIpc) is 3.14. The number of rotatable bonds is 5. The molecule has 0 bridgehead atoms. The maximum absolute atomic E-state index is 12.9. The molecule has 0 saturated heterocycles. The number of amides is 1. The maximum atomic E-state index is 12.9. The summed E-state index contributed by atoms with van der Waals surface area (Å²) in [4.78, 5) is 24.8. The van der Waals surface area contributed by atoms with E-state index in [9.17, 15) is 9.59 Å². The van der Waals surface area contributed by atoms with Crippen LogP contribution in [0.15, 0.2) is 48.5 Å². The summed E-state index contributed by atoms with van der Waals surface area (Å²) in [5.41, 5.74) is 2.18. The SMILES string of the molecule is COC(=O)c1ccccc1NC(=O)c1nnn(-c2ccc(Cl)cc2)c1C(C)C. The monoisotopic (exact) mass is 398 g/mol. The van der Waals surface area contributed by atoms with Gasteiger partial charge in [0, 0.05) is 5.02 Å². The molecule has 1 heterocycles. The van der Waals surface area contributed by atoms with E-state index in [0.29, 0.717) is 16.4 Å². The van der Waals surface area contributed by atoms with Gasteiger partial charge in [-0.05, 0) is 42.3 Å². The Morgan fingerprint density at radius 3 is 2.43 bits per heavy atom. The predicted molar refractivity (Wildman–Crippen MR) is 106 cm³/mol. The second kappa shape index (κ2) is 8.22. The summed E-state index contributed by atoms with van der Waals surface area (Å²) in [6.07, 6.45) is 0. The molecule has 0 unspecified atom stereocenters. The third-order valence-corrected chi connectivity index (χ3v) is 4.37. The molecule has 0 spiro atoms. The van der Waals surface area contributed by atoms with Gasteiger partial charge in [-0.3, -0.25) is 4.79 Å². The second-order valence-electron chi connectivity index (χ2n) is 6.36. The lowest BCUT2D eigenvalue weighted by Gasteiger charge is -2.12. The number of carbonyl (C=O) groups is 2. The van der Waals surface area contributed by atoms with Crippen molar-refractivity contribution in [1.29, 1.82) is 0 Å². The molecule has 0 fully saturated rings. The molecule has 1 N–H and O–H groups in total. The Kier molecular flexibility index (Phi) is 5.75. The highest BCUT2D eigenvalue weighted by Gasteiger charge is 2.24. The summed E-state index contributed by atoms with van der Waals surface area (Å²) in [6, 6.07) is 13.7. The van der Waals surface area contributed by atoms with Crippen molar-refractivity contribution >= 4 is 29.2 Å². The zero-order chi connectivity index (χ0) is 20.3. The third kappa shape index (κ3) is 3.89. The number of ether oxygens (including phenoxy) is 1. The van der Waals surface area contributed by atoms with Crippen molar-refractivity contribution in [2.24, 2.45) is 0 Å². The summed E-state index contributed by atoms with van der Waals surface area (Å²) in [6.45, 7) is 3.90. The lowest BCUT2D eigenvalue weighted by Crippen LogP contribution is -2.18. The molecular formula is C20H19ClN4O3. The Balaban J connectivity index is 1.97. The molecule has 144 valence electrons. The van der Waals surface area contributed by atoms with Gasteiger partial charge in [0.1, 0.15) is 0 Å². The van der Waals surface area contributed by atoms with E-state index in [2.05, 4.69) is 15.6 Å². The summed E-state index contributed by atoms with van der Waals surface area (Å²) in [5.74, 6) is -1.02. The number of para-hydroxylation sites is 1. The van der Waals surface area contributed by atoms with Crippen LogP contribution in [0.2, 0.25) is 5.02 Å². The van der Waals surface area contributed by atoms with Crippen molar-refractivity contribution in [1.82, 2.24) is 15.0 Å². The van der Waals surface area contributed by atoms with Gasteiger partial charge in [0.05, 0.1) is 29.7 Å². The van der Waals surface area contributed by atoms with Gasteiger partial charge in [-0.1, -0.05) is 42.8 Å². The Morgan fingerprint density at radius 1 is 1.11 bits per heavy atom. The van der Waals surface area contributed by atoms with Crippen LogP contribution in [-0.4, -0.2) is 34.0 Å². The van der Waals surface area contributed by atoms with Crippen molar-refractivity contribution in [3.63, 3.8) is 0 Å². The van der Waals surface area contributed by atoms with Crippen LogP contribution in [0.5, 0.6) is 0 Å². The zero-order valence-corrected chi connectivity index (χ0v) is 16.4. The van der Waals surface area contributed by atoms with Crippen molar-refractivity contribution in [2.45, 2.75) is 19.8 Å². The largest absolute Gasteiger partial charge is 0.465 e. The minimum atomic E-state index is -0.537. The topological polar surface area (TPSA) is 86.1 Å². The van der Waals surface area contributed by atoms with Gasteiger partial charge in [-0.15, -0.1) is 5.10 Å². The molecule has 0 saturated carbocycles. The van der Waals surface area contributed by atoms with Gasteiger partial charge in [-0.25, -0.2) is 9.48 Å². The Morgan fingerprint density at radius 2 is 1.79 bits per heavy atom. The van der Waals surface area contributed by atoms with E-state index in [1.807, 2.05) is 13.8 Å². The first-order chi connectivity index (χ1) is 13.4. The molecule has 0 atom stereocenters. The zero-order valence-electron chi connectivity index (χ0n) is 15.6. The second-order valence-corrected chi connectivity index (χ2v) is 6.79. The van der Waals surface area contributed by atoms with Crippen molar-refractivity contribution < 1.29 is 14.3 Å². The fourth-order valence-electron chi connectivity index (χ4n) is 2.80. The first-order valence-corrected chi connectivity index (χ1v) is 9.00. The minimum Gasteiger partial charge on any atom is -0.465 e. The number of esters is 1. The number of hydrogen-bond acceptors (Lipinski definition) is 5. The lowest BCUT2D eigenvalue weighted by atomic mass is 10.1. The average molecular weight is 399 g/mol. The maximum Gasteiger partial charge on any atom is 0.339 e. The van der Waals surface area contributed by atoms with Crippen LogP contribution in [0.25, 0.3) is 5.69 Å². The van der Waals surface area contributed by atoms with E-state index in [0.717, 1.165) is 5.69 Å². The van der Waals surface area contributed by atoms with Crippen molar-refractivity contribution in [3.05, 3.63) is 70.5 Å². The number of halogens is 1. The van der Waals surface area contributed by atoms with Crippen molar-refractivity contribution in [3.8, 4) is 5.69 Å². The molecule has 0 aliphatic rings. The number of anilines is 1. The van der Waals surface area contributed by atoms with E-state index in [4.69, 9.17) is 16.3 Å². The normalized spacial score (nSPS) is 10.8. The number of aromatic nitrogens is 3. The summed E-state index contributed by atoms with van der Waals surface area (Å²) < 4.78 is 6.38. The molecule has 3 rings (SSSR count). The van der Waals surface area contributed by atoms with E-state index < -0.39 is 11.9 Å². The molecule has 0 aliphatic carbocycles. The quantitative estimate of drug-likeness (QED) is 0.654. The van der Waals surface area contributed by atoms with Crippen LogP contribution in [0.4, 0.5) is 5.69 Å². The van der Waals surface area contributed by atoms with Crippen LogP contribution >= 0.6 is 11.6 Å². The first kappa shape index (κ1) is 19.6.